The normalized spacial score (nSPS) is 11.6. The van der Waals surface area contributed by atoms with Crippen LogP contribution < -0.4 is 5.32 Å². The van der Waals surface area contributed by atoms with Gasteiger partial charge in [-0.05, 0) is 36.6 Å². The van der Waals surface area contributed by atoms with Gasteiger partial charge >= 0.3 is 0 Å². The Hall–Kier alpha value is -3.47. The molecule has 0 aromatic heterocycles. The van der Waals surface area contributed by atoms with Gasteiger partial charge in [-0.2, -0.15) is 0 Å². The van der Waals surface area contributed by atoms with E-state index in [9.17, 15) is 14.0 Å². The second kappa shape index (κ2) is 11.2. The first-order chi connectivity index (χ1) is 15.5. The van der Waals surface area contributed by atoms with Crippen LogP contribution in [0.5, 0.6) is 0 Å². The maximum atomic E-state index is 14.3. The molecule has 4 nitrogen and oxygen atoms in total. The van der Waals surface area contributed by atoms with Gasteiger partial charge in [0, 0.05) is 19.5 Å². The average Bonchev–Trinajstić information content (AvgIpc) is 2.79. The summed E-state index contributed by atoms with van der Waals surface area (Å²) in [6, 6.07) is 23.0. The van der Waals surface area contributed by atoms with E-state index in [1.807, 2.05) is 68.4 Å². The molecule has 0 saturated heterocycles. The molecule has 0 aliphatic carbocycles. The third kappa shape index (κ3) is 6.27. The van der Waals surface area contributed by atoms with Crippen LogP contribution in [0.4, 0.5) is 4.39 Å². The number of rotatable bonds is 9. The molecule has 0 unspecified atom stereocenters. The summed E-state index contributed by atoms with van der Waals surface area (Å²) in [5.41, 5.74) is 3.31. The molecule has 1 atom stereocenters. The fraction of sp³-hybridized carbons (Fsp3) is 0.259. The highest BCUT2D eigenvalue weighted by atomic mass is 19.1. The quantitative estimate of drug-likeness (QED) is 0.543. The number of carbonyl (C=O) groups excluding carboxylic acids is 2. The monoisotopic (exact) mass is 432 g/mol. The second-order valence-corrected chi connectivity index (χ2v) is 7.88. The molecule has 0 radical (unpaired) electrons. The van der Waals surface area contributed by atoms with Crippen molar-refractivity contribution in [2.24, 2.45) is 0 Å². The Morgan fingerprint density at radius 2 is 1.56 bits per heavy atom. The van der Waals surface area contributed by atoms with E-state index in [1.165, 1.54) is 6.07 Å². The summed E-state index contributed by atoms with van der Waals surface area (Å²) < 4.78 is 14.3. The minimum Gasteiger partial charge on any atom is -0.355 e. The van der Waals surface area contributed by atoms with Crippen LogP contribution in [0, 0.1) is 12.7 Å². The number of halogens is 1. The first-order valence-corrected chi connectivity index (χ1v) is 10.9. The third-order valence-corrected chi connectivity index (χ3v) is 5.40. The van der Waals surface area contributed by atoms with Crippen LogP contribution in [0.25, 0.3) is 0 Å². The molecular weight excluding hydrogens is 403 g/mol. The Morgan fingerprint density at radius 1 is 0.906 bits per heavy atom. The molecule has 166 valence electrons. The maximum absolute atomic E-state index is 14.3. The predicted octanol–water partition coefficient (Wildman–Crippen LogP) is 4.45. The van der Waals surface area contributed by atoms with Crippen LogP contribution in [0.2, 0.25) is 0 Å². The summed E-state index contributed by atoms with van der Waals surface area (Å²) in [6.45, 7) is 4.58. The maximum Gasteiger partial charge on any atom is 0.243 e. The highest BCUT2D eigenvalue weighted by molar-refractivity contribution is 5.88. The molecule has 5 heteroatoms. The molecule has 0 aliphatic rings. The van der Waals surface area contributed by atoms with E-state index in [4.69, 9.17) is 0 Å². The van der Waals surface area contributed by atoms with Crippen LogP contribution in [0.15, 0.2) is 78.9 Å². The third-order valence-electron chi connectivity index (χ3n) is 5.40. The fourth-order valence-electron chi connectivity index (χ4n) is 3.64. The van der Waals surface area contributed by atoms with Crippen LogP contribution >= 0.6 is 0 Å². The Kier molecular flexibility index (Phi) is 8.14. The van der Waals surface area contributed by atoms with Crippen molar-refractivity contribution in [3.05, 3.63) is 107 Å². The Balaban J connectivity index is 1.95. The molecule has 32 heavy (non-hydrogen) atoms. The van der Waals surface area contributed by atoms with Gasteiger partial charge in [0.15, 0.2) is 0 Å². The number of aryl methyl sites for hydroxylation is 1. The number of amides is 2. The molecule has 2 amide bonds. The number of hydrogen-bond donors (Lipinski definition) is 1. The van der Waals surface area contributed by atoms with Gasteiger partial charge in [0.05, 0.1) is 6.42 Å². The predicted molar refractivity (Wildman–Crippen MR) is 124 cm³/mol. The molecule has 0 heterocycles. The minimum atomic E-state index is -0.710. The van der Waals surface area contributed by atoms with E-state index < -0.39 is 11.9 Å². The summed E-state index contributed by atoms with van der Waals surface area (Å²) >= 11 is 0. The Morgan fingerprint density at radius 3 is 2.22 bits per heavy atom. The van der Waals surface area contributed by atoms with Crippen molar-refractivity contribution in [2.45, 2.75) is 39.3 Å². The Labute approximate surface area is 189 Å². The van der Waals surface area contributed by atoms with E-state index >= 15 is 0 Å². The summed E-state index contributed by atoms with van der Waals surface area (Å²) in [7, 11) is 0. The second-order valence-electron chi connectivity index (χ2n) is 7.88. The Bertz CT molecular complexity index is 1040. The highest BCUT2D eigenvalue weighted by Gasteiger charge is 2.30. The van der Waals surface area contributed by atoms with Gasteiger partial charge in [-0.25, -0.2) is 4.39 Å². The topological polar surface area (TPSA) is 49.4 Å². The summed E-state index contributed by atoms with van der Waals surface area (Å²) in [5.74, 6) is -0.929. The van der Waals surface area contributed by atoms with Crippen molar-refractivity contribution >= 4 is 11.8 Å². The summed E-state index contributed by atoms with van der Waals surface area (Å²) in [5, 5.41) is 2.86. The van der Waals surface area contributed by atoms with Crippen LogP contribution in [0.3, 0.4) is 0 Å². The molecule has 0 aliphatic heterocycles. The van der Waals surface area contributed by atoms with E-state index in [-0.39, 0.29) is 24.8 Å². The molecule has 3 aromatic carbocycles. The summed E-state index contributed by atoms with van der Waals surface area (Å²) in [6.07, 6.45) is 0.269. The van der Waals surface area contributed by atoms with Crippen molar-refractivity contribution in [3.8, 4) is 0 Å². The van der Waals surface area contributed by atoms with E-state index in [0.29, 0.717) is 18.5 Å². The highest BCUT2D eigenvalue weighted by Crippen LogP contribution is 2.18. The minimum absolute atomic E-state index is 0.108. The standard InChI is InChI=1S/C27H29FN2O2/c1-3-29-27(32)25(17-21-9-5-4-6-10-21)30(19-22-15-13-20(2)14-16-22)26(31)18-23-11-7-8-12-24(23)28/h4-16,25H,3,17-19H2,1-2H3,(H,29,32)/t25-/m0/s1. The van der Waals surface area contributed by atoms with Crippen molar-refractivity contribution in [3.63, 3.8) is 0 Å². The summed E-state index contributed by atoms with van der Waals surface area (Å²) in [4.78, 5) is 28.1. The molecule has 3 aromatic rings. The molecule has 0 saturated carbocycles. The number of nitrogens with one attached hydrogen (secondary N) is 1. The molecular formula is C27H29FN2O2. The van der Waals surface area contributed by atoms with Crippen LogP contribution in [-0.4, -0.2) is 29.3 Å². The first-order valence-electron chi connectivity index (χ1n) is 10.9. The van der Waals surface area contributed by atoms with Crippen molar-refractivity contribution in [1.29, 1.82) is 0 Å². The molecule has 1 N–H and O–H groups in total. The fourth-order valence-corrected chi connectivity index (χ4v) is 3.64. The van der Waals surface area contributed by atoms with Gasteiger partial charge < -0.3 is 10.2 Å². The SMILES string of the molecule is CCNC(=O)[C@H](Cc1ccccc1)N(Cc1ccc(C)cc1)C(=O)Cc1ccccc1F. The lowest BCUT2D eigenvalue weighted by Gasteiger charge is -2.31. The van der Waals surface area contributed by atoms with E-state index in [0.717, 1.165) is 16.7 Å². The number of benzene rings is 3. The molecule has 3 rings (SSSR count). The lowest BCUT2D eigenvalue weighted by Crippen LogP contribution is -2.51. The average molecular weight is 433 g/mol. The zero-order valence-corrected chi connectivity index (χ0v) is 18.6. The lowest BCUT2D eigenvalue weighted by atomic mass is 10.0. The van der Waals surface area contributed by atoms with E-state index in [2.05, 4.69) is 5.32 Å². The van der Waals surface area contributed by atoms with Crippen LogP contribution in [-0.2, 0) is 29.0 Å². The van der Waals surface area contributed by atoms with Gasteiger partial charge in [-0.3, -0.25) is 9.59 Å². The number of nitrogens with zero attached hydrogens (tertiary/aromatic N) is 1. The van der Waals surface area contributed by atoms with Gasteiger partial charge in [0.2, 0.25) is 11.8 Å². The largest absolute Gasteiger partial charge is 0.355 e. The zero-order chi connectivity index (χ0) is 22.9. The van der Waals surface area contributed by atoms with Gasteiger partial charge in [0.25, 0.3) is 0 Å². The van der Waals surface area contributed by atoms with Gasteiger partial charge in [-0.1, -0.05) is 78.4 Å². The molecule has 0 spiro atoms. The molecule has 0 fully saturated rings. The lowest BCUT2D eigenvalue weighted by molar-refractivity contribution is -0.140. The smallest absolute Gasteiger partial charge is 0.243 e. The van der Waals surface area contributed by atoms with Crippen molar-refractivity contribution < 1.29 is 14.0 Å². The van der Waals surface area contributed by atoms with Gasteiger partial charge in [-0.15, -0.1) is 0 Å². The van der Waals surface area contributed by atoms with Gasteiger partial charge in [0.1, 0.15) is 11.9 Å². The number of carbonyl (C=O) groups is 2. The number of hydrogen-bond acceptors (Lipinski definition) is 2. The molecule has 0 bridgehead atoms. The first kappa shape index (κ1) is 23.2. The van der Waals surface area contributed by atoms with Crippen LogP contribution in [0.1, 0.15) is 29.2 Å². The number of likely N-dealkylation sites (N-methyl/N-ethyl adjacent to an activating group) is 1. The van der Waals surface area contributed by atoms with Crippen molar-refractivity contribution in [2.75, 3.05) is 6.54 Å². The zero-order valence-electron chi connectivity index (χ0n) is 18.6. The van der Waals surface area contributed by atoms with Crippen molar-refractivity contribution in [1.82, 2.24) is 10.2 Å². The van der Waals surface area contributed by atoms with E-state index in [1.54, 1.807) is 23.1 Å².